The maximum Gasteiger partial charge on any atom is 0.240 e. The lowest BCUT2D eigenvalue weighted by Crippen LogP contribution is -2.43. The van der Waals surface area contributed by atoms with Crippen molar-refractivity contribution < 1.29 is 22.7 Å². The molecule has 0 bridgehead atoms. The molecule has 1 atom stereocenters. The quantitative estimate of drug-likeness (QED) is 0.825. The van der Waals surface area contributed by atoms with E-state index in [2.05, 4.69) is 0 Å². The second-order valence-electron chi connectivity index (χ2n) is 5.46. The summed E-state index contributed by atoms with van der Waals surface area (Å²) in [6.07, 6.45) is 1.75. The Morgan fingerprint density at radius 3 is 2.23 bits per heavy atom. The molecule has 0 spiro atoms. The minimum Gasteiger partial charge on any atom is -0.493 e. The first-order valence-electron chi connectivity index (χ1n) is 6.99. The largest absolute Gasteiger partial charge is 0.493 e. The highest BCUT2D eigenvalue weighted by atomic mass is 32.2. The molecular formula is C15H21NO5S. The molecule has 0 saturated carbocycles. The standard InChI is InChI=1S/C15H21NO5S/c1-10(22(4,18)19)15(17)16-6-5-11-7-13(20-2)14(21-3)8-12(11)9-16/h7-8,10H,5-6,9H2,1-4H3/t10-/m0/s1. The Morgan fingerprint density at radius 2 is 1.73 bits per heavy atom. The van der Waals surface area contributed by atoms with Gasteiger partial charge in [0.2, 0.25) is 5.91 Å². The van der Waals surface area contributed by atoms with E-state index < -0.39 is 15.1 Å². The third kappa shape index (κ3) is 3.19. The van der Waals surface area contributed by atoms with E-state index >= 15 is 0 Å². The summed E-state index contributed by atoms with van der Waals surface area (Å²) in [6.45, 7) is 2.32. The van der Waals surface area contributed by atoms with Crippen LogP contribution in [0.15, 0.2) is 12.1 Å². The van der Waals surface area contributed by atoms with E-state index in [0.717, 1.165) is 17.4 Å². The van der Waals surface area contributed by atoms with Gasteiger partial charge in [-0.2, -0.15) is 0 Å². The van der Waals surface area contributed by atoms with Gasteiger partial charge in [-0.1, -0.05) is 0 Å². The van der Waals surface area contributed by atoms with Gasteiger partial charge in [0.05, 0.1) is 14.2 Å². The number of amides is 1. The summed E-state index contributed by atoms with van der Waals surface area (Å²) in [7, 11) is -0.251. The molecule has 0 fully saturated rings. The predicted octanol–water partition coefficient (Wildman–Crippen LogP) is 1.02. The zero-order valence-corrected chi connectivity index (χ0v) is 14.1. The van der Waals surface area contributed by atoms with Crippen LogP contribution in [0, 0.1) is 0 Å². The van der Waals surface area contributed by atoms with E-state index in [1.165, 1.54) is 6.92 Å². The summed E-state index contributed by atoms with van der Waals surface area (Å²) in [6, 6.07) is 3.76. The molecule has 1 aromatic rings. The van der Waals surface area contributed by atoms with Crippen LogP contribution in [0.5, 0.6) is 11.5 Å². The number of fused-ring (bicyclic) bond motifs is 1. The molecule has 122 valence electrons. The number of benzene rings is 1. The zero-order chi connectivity index (χ0) is 16.5. The molecule has 1 aromatic carbocycles. The molecule has 0 aromatic heterocycles. The second-order valence-corrected chi connectivity index (χ2v) is 7.82. The van der Waals surface area contributed by atoms with Gasteiger partial charge in [-0.25, -0.2) is 8.42 Å². The minimum absolute atomic E-state index is 0.358. The maximum atomic E-state index is 12.3. The molecule has 0 unspecified atom stereocenters. The van der Waals surface area contributed by atoms with Crippen LogP contribution in [0.3, 0.4) is 0 Å². The molecule has 1 aliphatic rings. The molecule has 0 N–H and O–H groups in total. The smallest absolute Gasteiger partial charge is 0.240 e. The van der Waals surface area contributed by atoms with Gasteiger partial charge < -0.3 is 14.4 Å². The van der Waals surface area contributed by atoms with Crippen molar-refractivity contribution in [3.05, 3.63) is 23.3 Å². The Balaban J connectivity index is 2.26. The lowest BCUT2D eigenvalue weighted by Gasteiger charge is -2.31. The van der Waals surface area contributed by atoms with Gasteiger partial charge in [-0.15, -0.1) is 0 Å². The molecule has 6 nitrogen and oxygen atoms in total. The van der Waals surface area contributed by atoms with Gasteiger partial charge >= 0.3 is 0 Å². The zero-order valence-electron chi connectivity index (χ0n) is 13.3. The molecule has 0 saturated heterocycles. The van der Waals surface area contributed by atoms with Gasteiger partial charge in [0, 0.05) is 19.3 Å². The van der Waals surface area contributed by atoms with E-state index in [4.69, 9.17) is 9.47 Å². The minimum atomic E-state index is -3.39. The van der Waals surface area contributed by atoms with Crippen molar-refractivity contribution in [2.24, 2.45) is 0 Å². The van der Waals surface area contributed by atoms with Crippen molar-refractivity contribution in [2.75, 3.05) is 27.0 Å². The fraction of sp³-hybridized carbons (Fsp3) is 0.533. The fourth-order valence-corrected chi connectivity index (χ4v) is 3.03. The third-order valence-corrected chi connectivity index (χ3v) is 5.51. The van der Waals surface area contributed by atoms with Crippen LogP contribution in [0.4, 0.5) is 0 Å². The van der Waals surface area contributed by atoms with Gasteiger partial charge in [-0.05, 0) is 36.6 Å². The maximum absolute atomic E-state index is 12.3. The Labute approximate surface area is 130 Å². The van der Waals surface area contributed by atoms with Crippen LogP contribution in [0.25, 0.3) is 0 Å². The van der Waals surface area contributed by atoms with E-state index in [1.807, 2.05) is 12.1 Å². The summed E-state index contributed by atoms with van der Waals surface area (Å²) in [5.41, 5.74) is 2.05. The second kappa shape index (κ2) is 6.16. The highest BCUT2D eigenvalue weighted by Crippen LogP contribution is 2.33. The molecule has 22 heavy (non-hydrogen) atoms. The third-order valence-electron chi connectivity index (χ3n) is 4.02. The average molecular weight is 327 g/mol. The Hall–Kier alpha value is -1.76. The molecule has 1 heterocycles. The first kappa shape index (κ1) is 16.6. The molecule has 0 aliphatic carbocycles. The van der Waals surface area contributed by atoms with Crippen LogP contribution in [0.2, 0.25) is 0 Å². The van der Waals surface area contributed by atoms with Crippen molar-refractivity contribution in [1.82, 2.24) is 4.90 Å². The first-order chi connectivity index (χ1) is 10.3. The molecule has 2 rings (SSSR count). The average Bonchev–Trinajstić information content (AvgIpc) is 2.50. The number of methoxy groups -OCH3 is 2. The SMILES string of the molecule is COc1cc2c(cc1OC)CN(C(=O)[C@H](C)S(C)(=O)=O)CC2. The normalized spacial score (nSPS) is 15.9. The number of sulfone groups is 1. The number of ether oxygens (including phenoxy) is 2. The first-order valence-corrected chi connectivity index (χ1v) is 8.94. The predicted molar refractivity (Wildman–Crippen MR) is 83.0 cm³/mol. The van der Waals surface area contributed by atoms with Crippen LogP contribution < -0.4 is 9.47 Å². The van der Waals surface area contributed by atoms with Crippen molar-refractivity contribution >= 4 is 15.7 Å². The molecule has 1 aliphatic heterocycles. The lowest BCUT2D eigenvalue weighted by molar-refractivity contribution is -0.131. The molecular weight excluding hydrogens is 306 g/mol. The molecule has 1 amide bonds. The highest BCUT2D eigenvalue weighted by Gasteiger charge is 2.30. The summed E-state index contributed by atoms with van der Waals surface area (Å²) < 4.78 is 33.7. The van der Waals surface area contributed by atoms with Crippen molar-refractivity contribution in [3.8, 4) is 11.5 Å². The Morgan fingerprint density at radius 1 is 1.18 bits per heavy atom. The Kier molecular flexibility index (Phi) is 4.65. The number of carbonyl (C=O) groups is 1. The van der Waals surface area contributed by atoms with Crippen molar-refractivity contribution in [1.29, 1.82) is 0 Å². The van der Waals surface area contributed by atoms with E-state index in [1.54, 1.807) is 19.1 Å². The summed E-state index contributed by atoms with van der Waals surface area (Å²) in [4.78, 5) is 13.9. The van der Waals surface area contributed by atoms with Crippen LogP contribution >= 0.6 is 0 Å². The van der Waals surface area contributed by atoms with Crippen molar-refractivity contribution in [3.63, 3.8) is 0 Å². The van der Waals surface area contributed by atoms with Gasteiger partial charge in [0.25, 0.3) is 0 Å². The van der Waals surface area contributed by atoms with Crippen LogP contribution in [-0.4, -0.2) is 51.5 Å². The summed E-state index contributed by atoms with van der Waals surface area (Å²) >= 11 is 0. The highest BCUT2D eigenvalue weighted by molar-refractivity contribution is 7.92. The topological polar surface area (TPSA) is 72.9 Å². The van der Waals surface area contributed by atoms with E-state index in [-0.39, 0.29) is 5.91 Å². The number of hydrogen-bond donors (Lipinski definition) is 0. The fourth-order valence-electron chi connectivity index (χ4n) is 2.51. The summed E-state index contributed by atoms with van der Waals surface area (Å²) in [5.74, 6) is 0.903. The summed E-state index contributed by atoms with van der Waals surface area (Å²) in [5, 5.41) is -1.02. The molecule has 0 radical (unpaired) electrons. The monoisotopic (exact) mass is 327 g/mol. The van der Waals surface area contributed by atoms with E-state index in [9.17, 15) is 13.2 Å². The lowest BCUT2D eigenvalue weighted by atomic mass is 9.98. The van der Waals surface area contributed by atoms with Gasteiger partial charge in [-0.3, -0.25) is 4.79 Å². The van der Waals surface area contributed by atoms with Gasteiger partial charge in [0.1, 0.15) is 5.25 Å². The molecule has 7 heteroatoms. The number of nitrogens with zero attached hydrogens (tertiary/aromatic N) is 1. The van der Waals surface area contributed by atoms with Crippen LogP contribution in [-0.2, 0) is 27.6 Å². The number of rotatable bonds is 4. The number of carbonyl (C=O) groups excluding carboxylic acids is 1. The van der Waals surface area contributed by atoms with E-state index in [0.29, 0.717) is 31.0 Å². The van der Waals surface area contributed by atoms with Crippen molar-refractivity contribution in [2.45, 2.75) is 25.1 Å². The Bertz CT molecular complexity index is 683. The van der Waals surface area contributed by atoms with Gasteiger partial charge in [0.15, 0.2) is 21.3 Å². The van der Waals surface area contributed by atoms with Crippen LogP contribution in [0.1, 0.15) is 18.1 Å². The number of hydrogen-bond acceptors (Lipinski definition) is 5.